The van der Waals surface area contributed by atoms with Gasteiger partial charge in [0.2, 0.25) is 0 Å². The van der Waals surface area contributed by atoms with Crippen LogP contribution in [0.3, 0.4) is 0 Å². The van der Waals surface area contributed by atoms with E-state index in [1.807, 2.05) is 24.3 Å². The number of nitriles is 1. The van der Waals surface area contributed by atoms with Crippen LogP contribution in [0.4, 0.5) is 0 Å². The van der Waals surface area contributed by atoms with Gasteiger partial charge in [0.25, 0.3) is 0 Å². The van der Waals surface area contributed by atoms with E-state index in [0.717, 1.165) is 11.3 Å². The van der Waals surface area contributed by atoms with Gasteiger partial charge in [-0.2, -0.15) is 5.26 Å². The van der Waals surface area contributed by atoms with Crippen molar-refractivity contribution >= 4 is 27.4 Å². The fraction of sp³-hybridized carbons (Fsp3) is 0.333. The number of pyridine rings is 1. The second-order valence-electron chi connectivity index (χ2n) is 6.52. The number of hydrogen-bond donors (Lipinski definition) is 0. The van der Waals surface area contributed by atoms with Crippen LogP contribution in [-0.2, 0) is 21.9 Å². The number of allylic oxidation sites excluding steroid dienone is 1. The molecule has 0 aromatic carbocycles. The molecule has 9 heteroatoms. The van der Waals surface area contributed by atoms with E-state index in [1.165, 1.54) is 11.3 Å². The summed E-state index contributed by atoms with van der Waals surface area (Å²) >= 11 is 1.31. The van der Waals surface area contributed by atoms with Crippen molar-refractivity contribution in [2.45, 2.75) is 12.1 Å². The highest BCUT2D eigenvalue weighted by molar-refractivity contribution is 7.91. The molecule has 0 N–H and O–H groups in total. The summed E-state index contributed by atoms with van der Waals surface area (Å²) in [5.41, 5.74) is 0.987. The van der Waals surface area contributed by atoms with Gasteiger partial charge in [-0.05, 0) is 29.8 Å². The molecule has 0 spiro atoms. The lowest BCUT2D eigenvalue weighted by Crippen LogP contribution is -2.39. The molecule has 2 aromatic rings. The van der Waals surface area contributed by atoms with Gasteiger partial charge in [-0.15, -0.1) is 11.3 Å². The first kappa shape index (κ1) is 18.0. The van der Waals surface area contributed by atoms with Crippen molar-refractivity contribution in [3.63, 3.8) is 0 Å². The molecule has 0 radical (unpaired) electrons. The van der Waals surface area contributed by atoms with Gasteiger partial charge in [0.05, 0.1) is 23.4 Å². The van der Waals surface area contributed by atoms with Crippen molar-refractivity contribution < 1.29 is 8.42 Å². The van der Waals surface area contributed by atoms with Gasteiger partial charge in [0.15, 0.2) is 15.4 Å². The molecule has 27 heavy (non-hydrogen) atoms. The minimum absolute atomic E-state index is 0.206. The molecule has 1 unspecified atom stereocenters. The number of rotatable bonds is 4. The number of aromatic nitrogens is 2. The Labute approximate surface area is 161 Å². The van der Waals surface area contributed by atoms with Gasteiger partial charge in [0, 0.05) is 32.0 Å². The van der Waals surface area contributed by atoms with Crippen molar-refractivity contribution in [2.75, 3.05) is 24.6 Å². The van der Waals surface area contributed by atoms with Crippen LogP contribution in [0, 0.1) is 11.3 Å². The van der Waals surface area contributed by atoms with Crippen LogP contribution >= 0.6 is 11.3 Å². The van der Waals surface area contributed by atoms with Crippen molar-refractivity contribution in [3.05, 3.63) is 57.8 Å². The Kier molecular flexibility index (Phi) is 4.63. The zero-order chi connectivity index (χ0) is 18.9. The molecule has 7 nitrogen and oxygen atoms in total. The normalized spacial score (nSPS) is 24.1. The molecule has 1 atom stereocenters. The first-order chi connectivity index (χ1) is 13.0. The lowest BCUT2D eigenvalue weighted by atomic mass is 9.95. The average Bonchev–Trinajstić information content (AvgIpc) is 3.33. The molecule has 2 aliphatic heterocycles. The molecule has 0 saturated carbocycles. The standard InChI is InChI=1S/C18H17N5O2S2/c19-11-15-12-21-17(26-15)18(3-1-4-22-18)16-10-14(2-5-20-16)13-23-6-8-27(24,25)9-7-23/h1-5,10,12H,6-9,13H2. The third-order valence-electron chi connectivity index (χ3n) is 4.70. The monoisotopic (exact) mass is 399 g/mol. The molecular formula is C18H17N5O2S2. The summed E-state index contributed by atoms with van der Waals surface area (Å²) in [4.78, 5) is 16.2. The van der Waals surface area contributed by atoms with E-state index in [0.29, 0.717) is 29.5 Å². The van der Waals surface area contributed by atoms with E-state index in [1.54, 1.807) is 18.6 Å². The highest BCUT2D eigenvalue weighted by Crippen LogP contribution is 2.38. The summed E-state index contributed by atoms with van der Waals surface area (Å²) in [6.07, 6.45) is 8.82. The smallest absolute Gasteiger partial charge is 0.172 e. The topological polar surface area (TPSA) is 99.3 Å². The quantitative estimate of drug-likeness (QED) is 0.773. The molecule has 0 aliphatic carbocycles. The number of thiazole rings is 1. The minimum Gasteiger partial charge on any atom is -0.297 e. The van der Waals surface area contributed by atoms with Crippen LogP contribution < -0.4 is 0 Å². The molecule has 4 rings (SSSR count). The third kappa shape index (κ3) is 3.56. The maximum absolute atomic E-state index is 11.6. The summed E-state index contributed by atoms with van der Waals surface area (Å²) < 4.78 is 23.2. The summed E-state index contributed by atoms with van der Waals surface area (Å²) in [5, 5.41) is 9.82. The highest BCUT2D eigenvalue weighted by atomic mass is 32.2. The van der Waals surface area contributed by atoms with Crippen LogP contribution in [0.5, 0.6) is 0 Å². The summed E-state index contributed by atoms with van der Waals surface area (Å²) in [6.45, 7) is 1.75. The fourth-order valence-electron chi connectivity index (χ4n) is 3.22. The van der Waals surface area contributed by atoms with Crippen molar-refractivity contribution in [1.29, 1.82) is 5.26 Å². The van der Waals surface area contributed by atoms with Crippen molar-refractivity contribution in [2.24, 2.45) is 4.99 Å². The molecule has 138 valence electrons. The Morgan fingerprint density at radius 3 is 2.78 bits per heavy atom. The van der Waals surface area contributed by atoms with Gasteiger partial charge in [-0.3, -0.25) is 14.9 Å². The summed E-state index contributed by atoms with van der Waals surface area (Å²) in [7, 11) is -2.89. The first-order valence-electron chi connectivity index (χ1n) is 8.48. The predicted molar refractivity (Wildman–Crippen MR) is 103 cm³/mol. The Morgan fingerprint density at radius 1 is 1.30 bits per heavy atom. The van der Waals surface area contributed by atoms with E-state index >= 15 is 0 Å². The largest absolute Gasteiger partial charge is 0.297 e. The molecule has 0 amide bonds. The number of nitrogens with zero attached hydrogens (tertiary/aromatic N) is 5. The van der Waals surface area contributed by atoms with Crippen LogP contribution in [0.15, 0.2) is 41.7 Å². The highest BCUT2D eigenvalue weighted by Gasteiger charge is 2.37. The van der Waals surface area contributed by atoms with Crippen LogP contribution in [0.1, 0.15) is 21.1 Å². The molecular weight excluding hydrogens is 382 g/mol. The van der Waals surface area contributed by atoms with Crippen LogP contribution in [-0.4, -0.2) is 54.1 Å². The second-order valence-corrected chi connectivity index (χ2v) is 9.86. The van der Waals surface area contributed by atoms with Crippen LogP contribution in [0.2, 0.25) is 0 Å². The SMILES string of the molecule is N#Cc1cnc(C2(c3cc(CN4CCS(=O)(=O)CC4)ccn3)C=CC=N2)s1. The summed E-state index contributed by atoms with van der Waals surface area (Å²) in [6, 6.07) is 6.04. The van der Waals surface area contributed by atoms with Gasteiger partial charge in [-0.1, -0.05) is 0 Å². The third-order valence-corrected chi connectivity index (χ3v) is 7.34. The maximum Gasteiger partial charge on any atom is 0.172 e. The van der Waals surface area contributed by atoms with E-state index < -0.39 is 15.4 Å². The molecule has 1 fully saturated rings. The number of aliphatic imine (C=N–C) groups is 1. The van der Waals surface area contributed by atoms with E-state index in [9.17, 15) is 8.42 Å². The molecule has 2 aliphatic rings. The van der Waals surface area contributed by atoms with Gasteiger partial charge < -0.3 is 0 Å². The Balaban J connectivity index is 1.62. The Bertz CT molecular complexity index is 1040. The molecule has 1 saturated heterocycles. The van der Waals surface area contributed by atoms with E-state index in [4.69, 9.17) is 5.26 Å². The fourth-order valence-corrected chi connectivity index (χ4v) is 5.35. The van der Waals surface area contributed by atoms with Gasteiger partial charge in [0.1, 0.15) is 16.0 Å². The maximum atomic E-state index is 11.6. The lowest BCUT2D eigenvalue weighted by molar-refractivity contribution is 0.287. The lowest BCUT2D eigenvalue weighted by Gasteiger charge is -2.27. The van der Waals surface area contributed by atoms with E-state index in [-0.39, 0.29) is 11.5 Å². The Hall–Kier alpha value is -2.41. The summed E-state index contributed by atoms with van der Waals surface area (Å²) in [5.74, 6) is 0.413. The molecule has 0 bridgehead atoms. The van der Waals surface area contributed by atoms with Crippen molar-refractivity contribution in [1.82, 2.24) is 14.9 Å². The van der Waals surface area contributed by atoms with Crippen LogP contribution in [0.25, 0.3) is 0 Å². The number of hydrogen-bond acceptors (Lipinski definition) is 8. The van der Waals surface area contributed by atoms with E-state index in [2.05, 4.69) is 25.9 Å². The predicted octanol–water partition coefficient (Wildman–Crippen LogP) is 1.52. The first-order valence-corrected chi connectivity index (χ1v) is 11.1. The van der Waals surface area contributed by atoms with Crippen molar-refractivity contribution in [3.8, 4) is 6.07 Å². The van der Waals surface area contributed by atoms with Gasteiger partial charge >= 0.3 is 0 Å². The minimum atomic E-state index is -2.89. The zero-order valence-corrected chi connectivity index (χ0v) is 16.1. The number of sulfone groups is 1. The molecule has 4 heterocycles. The average molecular weight is 400 g/mol. The Morgan fingerprint density at radius 2 is 2.11 bits per heavy atom. The zero-order valence-electron chi connectivity index (χ0n) is 14.4. The van der Waals surface area contributed by atoms with Gasteiger partial charge in [-0.25, -0.2) is 13.4 Å². The molecule has 2 aromatic heterocycles. The second kappa shape index (κ2) is 6.96.